The Morgan fingerprint density at radius 3 is 2.70 bits per heavy atom. The van der Waals surface area contributed by atoms with Crippen LogP contribution in [0.4, 0.5) is 0 Å². The van der Waals surface area contributed by atoms with Gasteiger partial charge < -0.3 is 4.74 Å². The number of fused-ring (bicyclic) bond motifs is 4. The van der Waals surface area contributed by atoms with Gasteiger partial charge >= 0.3 is 0 Å². The van der Waals surface area contributed by atoms with Gasteiger partial charge in [0.1, 0.15) is 22.7 Å². The van der Waals surface area contributed by atoms with Crippen LogP contribution < -0.4 is 10.3 Å². The summed E-state index contributed by atoms with van der Waals surface area (Å²) in [6.07, 6.45) is 0. The predicted molar refractivity (Wildman–Crippen MR) is 85.6 cm³/mol. The van der Waals surface area contributed by atoms with Crippen molar-refractivity contribution >= 4 is 5.78 Å². The summed E-state index contributed by atoms with van der Waals surface area (Å²) in [4.78, 5) is 21.1. The fourth-order valence-electron chi connectivity index (χ4n) is 2.88. The summed E-state index contributed by atoms with van der Waals surface area (Å²) >= 11 is 0. The minimum Gasteiger partial charge on any atom is -0.481 e. The number of hydrogen-bond donors (Lipinski definition) is 0. The highest BCUT2D eigenvalue weighted by Gasteiger charge is 2.36. The van der Waals surface area contributed by atoms with Crippen LogP contribution in [-0.4, -0.2) is 19.6 Å². The largest absolute Gasteiger partial charge is 0.481 e. The highest BCUT2D eigenvalue weighted by Crippen LogP contribution is 2.43. The zero-order valence-electron chi connectivity index (χ0n) is 13.4. The molecule has 4 rings (SSSR count). The lowest BCUT2D eigenvalue weighted by molar-refractivity contribution is 0.0997. The van der Waals surface area contributed by atoms with Crippen molar-refractivity contribution in [3.05, 3.63) is 51.6 Å². The van der Waals surface area contributed by atoms with Crippen LogP contribution >= 0.6 is 0 Å². The van der Waals surface area contributed by atoms with E-state index in [0.29, 0.717) is 22.9 Å². The normalized spacial score (nSPS) is 15.0. The summed E-state index contributed by atoms with van der Waals surface area (Å²) in [5.74, 6) is 1.04. The summed E-state index contributed by atoms with van der Waals surface area (Å²) in [5.41, 5.74) is 3.04. The maximum Gasteiger partial charge on any atom is 0.275 e. The lowest BCUT2D eigenvalue weighted by Crippen LogP contribution is -2.33. The van der Waals surface area contributed by atoms with Gasteiger partial charge in [0.15, 0.2) is 0 Å². The van der Waals surface area contributed by atoms with E-state index in [9.17, 15) is 4.79 Å². The molecule has 2 aromatic heterocycles. The molecule has 0 N–H and O–H groups in total. The number of aromatic nitrogens is 4. The molecule has 1 aromatic carbocycles. The topological polar surface area (TPSA) is 69.4 Å². The third kappa shape index (κ3) is 2.02. The van der Waals surface area contributed by atoms with E-state index in [4.69, 9.17) is 4.74 Å². The fraction of sp³-hybridized carbons (Fsp3) is 0.294. The number of benzene rings is 1. The molecule has 23 heavy (non-hydrogen) atoms. The van der Waals surface area contributed by atoms with Gasteiger partial charge in [0.05, 0.1) is 0 Å². The maximum atomic E-state index is 12.2. The minimum absolute atomic E-state index is 0.235. The van der Waals surface area contributed by atoms with Crippen LogP contribution in [0.3, 0.4) is 0 Å². The average molecular weight is 308 g/mol. The SMILES string of the molecule is Cc1ccc2c(c1)-c1nn3c(=O)cc(C)nc3nc1C(C)(C)O2. The summed E-state index contributed by atoms with van der Waals surface area (Å²) in [7, 11) is 0. The Kier molecular flexibility index (Phi) is 2.64. The third-order valence-electron chi connectivity index (χ3n) is 3.97. The van der Waals surface area contributed by atoms with Gasteiger partial charge in [0.2, 0.25) is 0 Å². The Bertz CT molecular complexity index is 1020. The second kappa shape index (κ2) is 4.38. The van der Waals surface area contributed by atoms with Gasteiger partial charge in [0.25, 0.3) is 11.3 Å². The van der Waals surface area contributed by atoms with E-state index in [-0.39, 0.29) is 5.56 Å². The number of nitrogens with zero attached hydrogens (tertiary/aromatic N) is 4. The molecule has 0 amide bonds. The molecule has 116 valence electrons. The smallest absolute Gasteiger partial charge is 0.275 e. The molecule has 1 aliphatic rings. The first-order valence-electron chi connectivity index (χ1n) is 7.44. The first-order valence-corrected chi connectivity index (χ1v) is 7.44. The number of aryl methyl sites for hydroxylation is 2. The zero-order chi connectivity index (χ0) is 16.4. The Morgan fingerprint density at radius 2 is 1.91 bits per heavy atom. The Hall–Kier alpha value is -2.76. The van der Waals surface area contributed by atoms with Crippen molar-refractivity contribution in [2.45, 2.75) is 33.3 Å². The van der Waals surface area contributed by atoms with E-state index < -0.39 is 5.60 Å². The van der Waals surface area contributed by atoms with Crippen LogP contribution in [0, 0.1) is 13.8 Å². The van der Waals surface area contributed by atoms with Crippen molar-refractivity contribution in [3.63, 3.8) is 0 Å². The van der Waals surface area contributed by atoms with Crippen molar-refractivity contribution in [1.82, 2.24) is 19.6 Å². The number of ether oxygens (including phenoxy) is 1. The molecule has 3 heterocycles. The van der Waals surface area contributed by atoms with Crippen molar-refractivity contribution in [2.75, 3.05) is 0 Å². The van der Waals surface area contributed by atoms with E-state index >= 15 is 0 Å². The minimum atomic E-state index is -0.645. The van der Waals surface area contributed by atoms with E-state index in [1.54, 1.807) is 6.92 Å². The maximum absolute atomic E-state index is 12.2. The number of hydrogen-bond acceptors (Lipinski definition) is 5. The van der Waals surface area contributed by atoms with Crippen molar-refractivity contribution in [2.24, 2.45) is 0 Å². The highest BCUT2D eigenvalue weighted by molar-refractivity contribution is 5.73. The average Bonchev–Trinajstić information content (AvgIpc) is 2.47. The molecular formula is C17H16N4O2. The molecule has 0 unspecified atom stereocenters. The molecule has 0 atom stereocenters. The lowest BCUT2D eigenvalue weighted by atomic mass is 9.93. The van der Waals surface area contributed by atoms with Crippen LogP contribution in [0.25, 0.3) is 17.0 Å². The van der Waals surface area contributed by atoms with Crippen LogP contribution in [0.5, 0.6) is 5.75 Å². The third-order valence-corrected chi connectivity index (χ3v) is 3.97. The molecule has 1 aliphatic heterocycles. The van der Waals surface area contributed by atoms with Crippen LogP contribution in [0.1, 0.15) is 30.8 Å². The standard InChI is InChI=1S/C17H16N4O2/c1-9-5-6-12-11(7-9)14-15(17(3,4)23-12)19-16-18-10(2)8-13(22)21(16)20-14/h5-8H,1-4H3. The van der Waals surface area contributed by atoms with Gasteiger partial charge in [-0.3, -0.25) is 4.79 Å². The molecule has 0 fully saturated rings. The Labute approximate surface area is 132 Å². The lowest BCUT2D eigenvalue weighted by Gasteiger charge is -2.33. The number of rotatable bonds is 0. The van der Waals surface area contributed by atoms with Crippen molar-refractivity contribution < 1.29 is 4.74 Å². The summed E-state index contributed by atoms with van der Waals surface area (Å²) in [5, 5.41) is 4.53. The highest BCUT2D eigenvalue weighted by atomic mass is 16.5. The quantitative estimate of drug-likeness (QED) is 0.638. The Morgan fingerprint density at radius 1 is 1.13 bits per heavy atom. The van der Waals surface area contributed by atoms with E-state index in [2.05, 4.69) is 15.1 Å². The van der Waals surface area contributed by atoms with Gasteiger partial charge in [-0.05, 0) is 39.8 Å². The summed E-state index contributed by atoms with van der Waals surface area (Å²) < 4.78 is 7.34. The Balaban J connectivity index is 2.14. The van der Waals surface area contributed by atoms with Crippen LogP contribution in [0.2, 0.25) is 0 Å². The molecule has 0 aliphatic carbocycles. The second-order valence-corrected chi connectivity index (χ2v) is 6.37. The van der Waals surface area contributed by atoms with Gasteiger partial charge in [0, 0.05) is 17.3 Å². The molecule has 0 saturated heterocycles. The zero-order valence-corrected chi connectivity index (χ0v) is 13.4. The molecule has 0 bridgehead atoms. The fourth-order valence-corrected chi connectivity index (χ4v) is 2.88. The van der Waals surface area contributed by atoms with Crippen molar-refractivity contribution in [1.29, 1.82) is 0 Å². The molecule has 0 radical (unpaired) electrons. The van der Waals surface area contributed by atoms with Gasteiger partial charge in [-0.15, -0.1) is 0 Å². The van der Waals surface area contributed by atoms with Crippen LogP contribution in [0.15, 0.2) is 29.1 Å². The van der Waals surface area contributed by atoms with Gasteiger partial charge in [-0.1, -0.05) is 11.6 Å². The molecular weight excluding hydrogens is 292 g/mol. The summed E-state index contributed by atoms with van der Waals surface area (Å²) in [6.45, 7) is 7.65. The second-order valence-electron chi connectivity index (χ2n) is 6.37. The molecule has 3 aromatic rings. The first kappa shape index (κ1) is 13.9. The molecule has 6 heteroatoms. The van der Waals surface area contributed by atoms with E-state index in [1.807, 2.05) is 39.0 Å². The predicted octanol–water partition coefficient (Wildman–Crippen LogP) is 2.40. The van der Waals surface area contributed by atoms with Gasteiger partial charge in [-0.2, -0.15) is 9.61 Å². The van der Waals surface area contributed by atoms with Gasteiger partial charge in [-0.25, -0.2) is 9.97 Å². The molecule has 0 saturated carbocycles. The monoisotopic (exact) mass is 308 g/mol. The first-order chi connectivity index (χ1) is 10.8. The molecule has 0 spiro atoms. The summed E-state index contributed by atoms with van der Waals surface area (Å²) in [6, 6.07) is 7.37. The van der Waals surface area contributed by atoms with Crippen molar-refractivity contribution in [3.8, 4) is 17.0 Å². The van der Waals surface area contributed by atoms with Crippen LogP contribution in [-0.2, 0) is 5.60 Å². The molecule has 6 nitrogen and oxygen atoms in total. The van der Waals surface area contributed by atoms with E-state index in [0.717, 1.165) is 16.9 Å². The van der Waals surface area contributed by atoms with E-state index in [1.165, 1.54) is 10.6 Å².